The van der Waals surface area contributed by atoms with Gasteiger partial charge in [0.05, 0.1) is 18.3 Å². The highest BCUT2D eigenvalue weighted by atomic mass is 19.4. The molecule has 0 atom stereocenters. The number of hydrogen-bond acceptors (Lipinski definition) is 4. The van der Waals surface area contributed by atoms with Gasteiger partial charge in [-0.1, -0.05) is 25.1 Å². The molecule has 1 aromatic carbocycles. The van der Waals surface area contributed by atoms with Crippen molar-refractivity contribution in [2.24, 2.45) is 0 Å². The number of ether oxygens (including phenoxy) is 1. The van der Waals surface area contributed by atoms with E-state index in [1.807, 2.05) is 29.7 Å². The van der Waals surface area contributed by atoms with E-state index < -0.39 is 24.1 Å². The van der Waals surface area contributed by atoms with E-state index in [-0.39, 0.29) is 52.0 Å². The van der Waals surface area contributed by atoms with E-state index in [1.165, 1.54) is 0 Å². The van der Waals surface area contributed by atoms with Gasteiger partial charge < -0.3 is 19.1 Å². The van der Waals surface area contributed by atoms with E-state index >= 15 is 0 Å². The van der Waals surface area contributed by atoms with Crippen LogP contribution in [0.1, 0.15) is 75.3 Å². The summed E-state index contributed by atoms with van der Waals surface area (Å²) in [5.74, 6) is 0.519. The Labute approximate surface area is 222 Å². The van der Waals surface area contributed by atoms with Crippen molar-refractivity contribution in [2.75, 3.05) is 18.0 Å². The minimum absolute atomic E-state index is 0. The number of hydrogen-bond donors (Lipinski definition) is 0. The van der Waals surface area contributed by atoms with Crippen LogP contribution in [-0.4, -0.2) is 51.8 Å². The van der Waals surface area contributed by atoms with Crippen LogP contribution in [0.5, 0.6) is 0 Å². The lowest BCUT2D eigenvalue weighted by molar-refractivity contribution is -0.136. The number of amides is 2. The van der Waals surface area contributed by atoms with Gasteiger partial charge in [0.2, 0.25) is 5.91 Å². The Balaban J connectivity index is 0.00000336. The van der Waals surface area contributed by atoms with Crippen molar-refractivity contribution in [2.45, 2.75) is 97.5 Å². The van der Waals surface area contributed by atoms with Gasteiger partial charge in [0.1, 0.15) is 11.2 Å². The molecule has 10 heteroatoms. The highest BCUT2D eigenvalue weighted by Gasteiger charge is 2.59. The summed E-state index contributed by atoms with van der Waals surface area (Å²) in [4.78, 5) is 34.5. The second-order valence-electron chi connectivity index (χ2n) is 10.8. The number of fused-ring (bicyclic) bond motifs is 3. The molecule has 1 aromatic heterocycles. The molecule has 0 radical (unpaired) electrons. The highest BCUT2D eigenvalue weighted by molar-refractivity contribution is 6.09. The van der Waals surface area contributed by atoms with Gasteiger partial charge in [-0.2, -0.15) is 13.2 Å². The Morgan fingerprint density at radius 2 is 1.89 bits per heavy atom. The third-order valence-electron chi connectivity index (χ3n) is 7.58. The number of benzene rings is 1. The maximum absolute atomic E-state index is 13.9. The average molecular weight is 535 g/mol. The fraction of sp³-hybridized carbons (Fsp3) is 0.607. The van der Waals surface area contributed by atoms with Gasteiger partial charge in [0, 0.05) is 37.4 Å². The number of carbonyl (C=O) groups excluding carboxylic acids is 2. The average Bonchev–Trinajstić information content (AvgIpc) is 3.24. The lowest BCUT2D eigenvalue weighted by Crippen LogP contribution is -2.65. The number of likely N-dealkylation sites (tertiary alicyclic amines) is 1. The molecule has 3 heterocycles. The Kier molecular flexibility index (Phi) is 7.56. The number of carbonyl (C=O) groups is 2. The monoisotopic (exact) mass is 534 g/mol. The Morgan fingerprint density at radius 3 is 2.58 bits per heavy atom. The number of rotatable bonds is 6. The summed E-state index contributed by atoms with van der Waals surface area (Å²) in [6.07, 6.45) is -2.21. The molecular formula is C28H37F3N4O3. The maximum atomic E-state index is 13.9. The first-order chi connectivity index (χ1) is 17.5. The lowest BCUT2D eigenvalue weighted by atomic mass is 9.74. The normalized spacial score (nSPS) is 17.8. The lowest BCUT2D eigenvalue weighted by Gasteiger charge is -2.46. The Hall–Kier alpha value is -3.04. The fourth-order valence-electron chi connectivity index (χ4n) is 5.85. The van der Waals surface area contributed by atoms with Crippen molar-refractivity contribution in [1.82, 2.24) is 14.5 Å². The molecule has 5 rings (SSSR count). The standard InChI is InChI=1S/C27H33F3N4O3.CH4/c1-17(2)37-25(36)32-15-26(16-32)19-13-18(3)9-10-21(19)34(24(26)35)14-23-31-20-7-4-5-8-22(20)33(23)12-6-11-27(28,29)30;/h9-10,13,17H,4-8,11-12,14-16H2,1-3H3;1H4. The molecule has 1 aliphatic carbocycles. The van der Waals surface area contributed by atoms with Gasteiger partial charge in [-0.05, 0) is 64.5 Å². The predicted octanol–water partition coefficient (Wildman–Crippen LogP) is 5.69. The van der Waals surface area contributed by atoms with Crippen molar-refractivity contribution in [3.8, 4) is 0 Å². The van der Waals surface area contributed by atoms with Crippen LogP contribution in [0.2, 0.25) is 0 Å². The molecule has 7 nitrogen and oxygen atoms in total. The van der Waals surface area contributed by atoms with Crippen LogP contribution >= 0.6 is 0 Å². The first kappa shape index (κ1) is 28.0. The molecule has 0 saturated carbocycles. The molecule has 1 saturated heterocycles. The van der Waals surface area contributed by atoms with Crippen LogP contribution in [0.4, 0.5) is 23.7 Å². The highest BCUT2D eigenvalue weighted by Crippen LogP contribution is 2.48. The molecule has 0 bridgehead atoms. The van der Waals surface area contributed by atoms with Gasteiger partial charge >= 0.3 is 12.3 Å². The zero-order valence-electron chi connectivity index (χ0n) is 21.5. The van der Waals surface area contributed by atoms with Crippen molar-refractivity contribution >= 4 is 17.7 Å². The van der Waals surface area contributed by atoms with E-state index in [9.17, 15) is 22.8 Å². The predicted molar refractivity (Wildman–Crippen MR) is 138 cm³/mol. The van der Waals surface area contributed by atoms with Gasteiger partial charge in [-0.25, -0.2) is 9.78 Å². The summed E-state index contributed by atoms with van der Waals surface area (Å²) in [5.41, 5.74) is 3.76. The largest absolute Gasteiger partial charge is 0.447 e. The SMILES string of the molecule is C.Cc1ccc2c(c1)C1(CN(C(=O)OC(C)C)C1)C(=O)N2Cc1nc2c(n1CCCC(F)(F)F)CCCC2. The van der Waals surface area contributed by atoms with Crippen molar-refractivity contribution in [3.63, 3.8) is 0 Å². The number of aryl methyl sites for hydroxylation is 2. The van der Waals surface area contributed by atoms with Crippen LogP contribution in [0, 0.1) is 6.92 Å². The van der Waals surface area contributed by atoms with E-state index in [0.717, 1.165) is 53.9 Å². The molecule has 2 aliphatic heterocycles. The number of aromatic nitrogens is 2. The van der Waals surface area contributed by atoms with Crippen molar-refractivity contribution in [1.29, 1.82) is 0 Å². The zero-order chi connectivity index (χ0) is 26.5. The zero-order valence-corrected chi connectivity index (χ0v) is 21.5. The maximum Gasteiger partial charge on any atom is 0.410 e. The van der Waals surface area contributed by atoms with Crippen LogP contribution in [0.3, 0.4) is 0 Å². The van der Waals surface area contributed by atoms with E-state index in [2.05, 4.69) is 0 Å². The molecule has 2 amide bonds. The Bertz CT molecular complexity index is 1210. The quantitative estimate of drug-likeness (QED) is 0.477. The summed E-state index contributed by atoms with van der Waals surface area (Å²) < 4.78 is 45.9. The first-order valence-corrected chi connectivity index (χ1v) is 13.0. The van der Waals surface area contributed by atoms with Crippen LogP contribution < -0.4 is 4.90 Å². The minimum atomic E-state index is -4.21. The van der Waals surface area contributed by atoms with E-state index in [4.69, 9.17) is 9.72 Å². The molecular weight excluding hydrogens is 497 g/mol. The summed E-state index contributed by atoms with van der Waals surface area (Å²) in [7, 11) is 0. The number of anilines is 1. The smallest absolute Gasteiger partial charge is 0.410 e. The molecule has 208 valence electrons. The molecule has 0 unspecified atom stereocenters. The fourth-order valence-corrected chi connectivity index (χ4v) is 5.85. The van der Waals surface area contributed by atoms with Crippen LogP contribution in [0.25, 0.3) is 0 Å². The summed E-state index contributed by atoms with van der Waals surface area (Å²) in [6, 6.07) is 5.87. The molecule has 1 spiro atoms. The molecule has 38 heavy (non-hydrogen) atoms. The molecule has 1 fully saturated rings. The van der Waals surface area contributed by atoms with Gasteiger partial charge in [0.25, 0.3) is 0 Å². The summed E-state index contributed by atoms with van der Waals surface area (Å²) >= 11 is 0. The number of nitrogens with zero attached hydrogens (tertiary/aromatic N) is 4. The summed E-state index contributed by atoms with van der Waals surface area (Å²) in [5, 5.41) is 0. The van der Waals surface area contributed by atoms with Crippen LogP contribution in [-0.2, 0) is 40.9 Å². The molecule has 3 aliphatic rings. The van der Waals surface area contributed by atoms with Gasteiger partial charge in [-0.3, -0.25) is 4.79 Å². The topological polar surface area (TPSA) is 67.7 Å². The number of imidazole rings is 1. The van der Waals surface area contributed by atoms with Crippen molar-refractivity contribution in [3.05, 3.63) is 46.5 Å². The van der Waals surface area contributed by atoms with E-state index in [1.54, 1.807) is 23.6 Å². The minimum Gasteiger partial charge on any atom is -0.447 e. The molecule has 2 aromatic rings. The third-order valence-corrected chi connectivity index (χ3v) is 7.58. The molecule has 0 N–H and O–H groups in total. The van der Waals surface area contributed by atoms with Gasteiger partial charge in [0.15, 0.2) is 0 Å². The number of halogens is 3. The Morgan fingerprint density at radius 1 is 1.18 bits per heavy atom. The van der Waals surface area contributed by atoms with Crippen molar-refractivity contribution < 1.29 is 27.5 Å². The third kappa shape index (κ3) is 5.01. The first-order valence-electron chi connectivity index (χ1n) is 13.0. The van der Waals surface area contributed by atoms with Gasteiger partial charge in [-0.15, -0.1) is 0 Å². The number of alkyl halides is 3. The second-order valence-corrected chi connectivity index (χ2v) is 10.8. The van der Waals surface area contributed by atoms with Crippen LogP contribution in [0.15, 0.2) is 18.2 Å². The summed E-state index contributed by atoms with van der Waals surface area (Å²) in [6.45, 7) is 6.41. The second kappa shape index (κ2) is 10.3. The van der Waals surface area contributed by atoms with E-state index in [0.29, 0.717) is 5.82 Å².